The van der Waals surface area contributed by atoms with Gasteiger partial charge in [0.15, 0.2) is 0 Å². The number of primary amides is 1. The van der Waals surface area contributed by atoms with Gasteiger partial charge >= 0.3 is 6.03 Å². The standard InChI is InChI=1S/C14H19N5OS/c1-9-10(2)21-13-11(9)12(16-8-17-13)18-4-3-5-19(7-6-18)14(15)20/h8H,3-7H2,1-2H3,(H2,15,20). The molecule has 1 aliphatic rings. The average molecular weight is 305 g/mol. The number of rotatable bonds is 1. The van der Waals surface area contributed by atoms with Crippen LogP contribution in [0.1, 0.15) is 16.9 Å². The Morgan fingerprint density at radius 3 is 2.81 bits per heavy atom. The SMILES string of the molecule is Cc1sc2ncnc(N3CCCN(C(N)=O)CC3)c2c1C. The number of aromatic nitrogens is 2. The van der Waals surface area contributed by atoms with Gasteiger partial charge in [0.25, 0.3) is 0 Å². The summed E-state index contributed by atoms with van der Waals surface area (Å²) in [6, 6.07) is -0.341. The van der Waals surface area contributed by atoms with E-state index < -0.39 is 0 Å². The van der Waals surface area contributed by atoms with E-state index in [-0.39, 0.29) is 6.03 Å². The van der Waals surface area contributed by atoms with Crippen molar-refractivity contribution in [2.45, 2.75) is 20.3 Å². The zero-order chi connectivity index (χ0) is 15.0. The number of nitrogens with two attached hydrogens (primary N) is 1. The second kappa shape index (κ2) is 5.48. The first-order chi connectivity index (χ1) is 10.1. The van der Waals surface area contributed by atoms with Gasteiger partial charge in [-0.2, -0.15) is 0 Å². The van der Waals surface area contributed by atoms with Crippen LogP contribution in [-0.4, -0.2) is 47.1 Å². The van der Waals surface area contributed by atoms with Crippen molar-refractivity contribution >= 4 is 33.4 Å². The fourth-order valence-electron chi connectivity index (χ4n) is 2.75. The monoisotopic (exact) mass is 305 g/mol. The summed E-state index contributed by atoms with van der Waals surface area (Å²) >= 11 is 1.71. The molecule has 0 atom stereocenters. The summed E-state index contributed by atoms with van der Waals surface area (Å²) < 4.78 is 0. The number of hydrogen-bond donors (Lipinski definition) is 1. The van der Waals surface area contributed by atoms with Crippen molar-refractivity contribution in [2.75, 3.05) is 31.1 Å². The van der Waals surface area contributed by atoms with Gasteiger partial charge in [0.2, 0.25) is 0 Å². The van der Waals surface area contributed by atoms with E-state index in [4.69, 9.17) is 5.73 Å². The highest BCUT2D eigenvalue weighted by molar-refractivity contribution is 7.18. The highest BCUT2D eigenvalue weighted by atomic mass is 32.1. The molecule has 0 aliphatic carbocycles. The van der Waals surface area contributed by atoms with Gasteiger partial charge in [-0.05, 0) is 25.8 Å². The number of carbonyl (C=O) groups excluding carboxylic acids is 1. The Morgan fingerprint density at radius 2 is 2.05 bits per heavy atom. The third-order valence-corrected chi connectivity index (χ3v) is 5.17. The zero-order valence-corrected chi connectivity index (χ0v) is 13.1. The Balaban J connectivity index is 1.95. The quantitative estimate of drug-likeness (QED) is 0.873. The van der Waals surface area contributed by atoms with Crippen molar-refractivity contribution < 1.29 is 4.79 Å². The maximum absolute atomic E-state index is 11.3. The molecule has 0 bridgehead atoms. The van der Waals surface area contributed by atoms with E-state index in [1.54, 1.807) is 22.6 Å². The average Bonchev–Trinajstić information content (AvgIpc) is 2.67. The highest BCUT2D eigenvalue weighted by Gasteiger charge is 2.21. The van der Waals surface area contributed by atoms with Crippen LogP contribution in [0.15, 0.2) is 6.33 Å². The maximum atomic E-state index is 11.3. The first kappa shape index (κ1) is 14.1. The number of anilines is 1. The molecule has 112 valence electrons. The number of nitrogens with zero attached hydrogens (tertiary/aromatic N) is 4. The Kier molecular flexibility index (Phi) is 3.67. The number of aryl methyl sites for hydroxylation is 2. The van der Waals surface area contributed by atoms with Crippen LogP contribution in [0.3, 0.4) is 0 Å². The molecule has 3 rings (SSSR count). The van der Waals surface area contributed by atoms with Gasteiger partial charge in [-0.15, -0.1) is 11.3 Å². The lowest BCUT2D eigenvalue weighted by Crippen LogP contribution is -2.38. The normalized spacial score (nSPS) is 16.3. The molecule has 0 radical (unpaired) electrons. The second-order valence-corrected chi connectivity index (χ2v) is 6.53. The molecule has 2 N–H and O–H groups in total. The summed E-state index contributed by atoms with van der Waals surface area (Å²) in [4.78, 5) is 26.5. The summed E-state index contributed by atoms with van der Waals surface area (Å²) in [5, 5.41) is 1.15. The van der Waals surface area contributed by atoms with E-state index in [0.29, 0.717) is 13.1 Å². The molecule has 21 heavy (non-hydrogen) atoms. The first-order valence-electron chi connectivity index (χ1n) is 7.08. The Labute approximate surface area is 127 Å². The van der Waals surface area contributed by atoms with Crippen LogP contribution < -0.4 is 10.6 Å². The Morgan fingerprint density at radius 1 is 1.24 bits per heavy atom. The number of urea groups is 1. The molecule has 1 saturated heterocycles. The highest BCUT2D eigenvalue weighted by Crippen LogP contribution is 2.34. The lowest BCUT2D eigenvalue weighted by Gasteiger charge is -2.22. The minimum Gasteiger partial charge on any atom is -0.354 e. The Bertz CT molecular complexity index is 683. The lowest BCUT2D eigenvalue weighted by atomic mass is 10.2. The molecule has 2 aromatic heterocycles. The summed E-state index contributed by atoms with van der Waals surface area (Å²) in [6.07, 6.45) is 2.53. The van der Waals surface area contributed by atoms with E-state index in [0.717, 1.165) is 35.5 Å². The van der Waals surface area contributed by atoms with Crippen molar-refractivity contribution in [2.24, 2.45) is 5.73 Å². The number of hydrogen-bond acceptors (Lipinski definition) is 5. The van der Waals surface area contributed by atoms with E-state index in [9.17, 15) is 4.79 Å². The molecule has 2 amide bonds. The molecule has 1 aliphatic heterocycles. The van der Waals surface area contributed by atoms with Crippen molar-refractivity contribution in [3.8, 4) is 0 Å². The van der Waals surface area contributed by atoms with Crippen LogP contribution in [0.4, 0.5) is 10.6 Å². The molecule has 0 unspecified atom stereocenters. The predicted octanol–water partition coefficient (Wildman–Crippen LogP) is 1.90. The summed E-state index contributed by atoms with van der Waals surface area (Å²) in [6.45, 7) is 7.22. The molecule has 1 fully saturated rings. The third-order valence-electron chi connectivity index (χ3n) is 4.05. The molecule has 2 aromatic rings. The summed E-state index contributed by atoms with van der Waals surface area (Å²) in [5.41, 5.74) is 6.63. The van der Waals surface area contributed by atoms with E-state index in [1.807, 2.05) is 0 Å². The van der Waals surface area contributed by atoms with Crippen LogP contribution in [0.2, 0.25) is 0 Å². The number of fused-ring (bicyclic) bond motifs is 1. The topological polar surface area (TPSA) is 75.3 Å². The molecule has 0 saturated carbocycles. The summed E-state index contributed by atoms with van der Waals surface area (Å²) in [7, 11) is 0. The van der Waals surface area contributed by atoms with Gasteiger partial charge in [-0.1, -0.05) is 0 Å². The third kappa shape index (κ3) is 2.53. The minimum atomic E-state index is -0.341. The molecule has 0 spiro atoms. The second-order valence-electron chi connectivity index (χ2n) is 5.33. The molecule has 6 nitrogen and oxygen atoms in total. The summed E-state index contributed by atoms with van der Waals surface area (Å²) in [5.74, 6) is 0.980. The van der Waals surface area contributed by atoms with E-state index in [2.05, 4.69) is 28.7 Å². The van der Waals surface area contributed by atoms with Crippen molar-refractivity contribution in [1.82, 2.24) is 14.9 Å². The minimum absolute atomic E-state index is 0.341. The fourth-order valence-corrected chi connectivity index (χ4v) is 3.74. The van der Waals surface area contributed by atoms with E-state index >= 15 is 0 Å². The lowest BCUT2D eigenvalue weighted by molar-refractivity contribution is 0.211. The van der Waals surface area contributed by atoms with Crippen LogP contribution >= 0.6 is 11.3 Å². The largest absolute Gasteiger partial charge is 0.354 e. The fraction of sp³-hybridized carbons (Fsp3) is 0.500. The van der Waals surface area contributed by atoms with Gasteiger partial charge in [-0.3, -0.25) is 0 Å². The number of amides is 2. The molecular formula is C14H19N5OS. The van der Waals surface area contributed by atoms with Gasteiger partial charge in [0.1, 0.15) is 17.0 Å². The van der Waals surface area contributed by atoms with Crippen LogP contribution in [0.5, 0.6) is 0 Å². The maximum Gasteiger partial charge on any atom is 0.314 e. The van der Waals surface area contributed by atoms with E-state index in [1.165, 1.54) is 10.4 Å². The van der Waals surface area contributed by atoms with Gasteiger partial charge in [0, 0.05) is 31.1 Å². The van der Waals surface area contributed by atoms with Crippen LogP contribution in [-0.2, 0) is 0 Å². The van der Waals surface area contributed by atoms with Gasteiger partial charge in [-0.25, -0.2) is 14.8 Å². The molecular weight excluding hydrogens is 286 g/mol. The predicted molar refractivity (Wildman–Crippen MR) is 84.9 cm³/mol. The first-order valence-corrected chi connectivity index (χ1v) is 7.89. The number of thiophene rings is 1. The molecule has 0 aromatic carbocycles. The van der Waals surface area contributed by atoms with Gasteiger partial charge < -0.3 is 15.5 Å². The van der Waals surface area contributed by atoms with Crippen molar-refractivity contribution in [1.29, 1.82) is 0 Å². The van der Waals surface area contributed by atoms with Crippen molar-refractivity contribution in [3.63, 3.8) is 0 Å². The number of carbonyl (C=O) groups is 1. The van der Waals surface area contributed by atoms with Crippen molar-refractivity contribution in [3.05, 3.63) is 16.8 Å². The molecule has 3 heterocycles. The van der Waals surface area contributed by atoms with Gasteiger partial charge in [0.05, 0.1) is 5.39 Å². The smallest absolute Gasteiger partial charge is 0.314 e. The molecule has 7 heteroatoms. The van der Waals surface area contributed by atoms with Crippen LogP contribution in [0, 0.1) is 13.8 Å². The Hall–Kier alpha value is -1.89. The van der Waals surface area contributed by atoms with Crippen LogP contribution in [0.25, 0.3) is 10.2 Å². The zero-order valence-electron chi connectivity index (χ0n) is 12.3.